The molecule has 2 aromatic rings. The minimum Gasteiger partial charge on any atom is -0.303 e. The Morgan fingerprint density at radius 1 is 0.778 bits per heavy atom. The van der Waals surface area contributed by atoms with Crippen LogP contribution in [0.25, 0.3) is 11.1 Å². The van der Waals surface area contributed by atoms with Gasteiger partial charge in [-0.3, -0.25) is 0 Å². The van der Waals surface area contributed by atoms with E-state index in [1.54, 1.807) is 0 Å². The maximum Gasteiger partial charge on any atom is 0.0230 e. The number of rotatable bonds is 5. The van der Waals surface area contributed by atoms with Gasteiger partial charge in [0, 0.05) is 24.5 Å². The Kier molecular flexibility index (Phi) is 6.54. The summed E-state index contributed by atoms with van der Waals surface area (Å²) in [5, 5.41) is 0. The first kappa shape index (κ1) is 19.0. The molecule has 2 aliphatic heterocycles. The van der Waals surface area contributed by atoms with Crippen LogP contribution in [-0.2, 0) is 0 Å². The number of piperidine rings is 2. The fourth-order valence-electron chi connectivity index (χ4n) is 4.28. The highest BCUT2D eigenvalue weighted by Crippen LogP contribution is 2.31. The maximum absolute atomic E-state index is 2.72. The average Bonchev–Trinajstić information content (AvgIpc) is 2.72. The molecule has 2 heterocycles. The van der Waals surface area contributed by atoms with Gasteiger partial charge in [0.2, 0.25) is 0 Å². The van der Waals surface area contributed by atoms with E-state index in [4.69, 9.17) is 0 Å². The predicted molar refractivity (Wildman–Crippen MR) is 117 cm³/mol. The van der Waals surface area contributed by atoms with Crippen LogP contribution in [0.5, 0.6) is 0 Å². The second-order valence-electron chi connectivity index (χ2n) is 8.34. The molecule has 0 unspecified atom stereocenters. The summed E-state index contributed by atoms with van der Waals surface area (Å²) in [4.78, 5) is 4.08. The molecule has 0 atom stereocenters. The molecule has 2 aromatic carbocycles. The Labute approximate surface area is 169 Å². The lowest BCUT2D eigenvalue weighted by molar-refractivity contribution is 0.144. The van der Waals surface area contributed by atoms with Gasteiger partial charge < -0.3 is 4.90 Å². The van der Waals surface area contributed by atoms with Crippen LogP contribution in [0, 0.1) is 11.8 Å². The predicted octanol–water partition coefficient (Wildman–Crippen LogP) is 5.80. The van der Waals surface area contributed by atoms with E-state index in [0.29, 0.717) is 0 Å². The minimum absolute atomic E-state index is 0.899. The number of hydrogen-bond donors (Lipinski definition) is 0. The summed E-state index contributed by atoms with van der Waals surface area (Å²) < 4.78 is 2.56. The van der Waals surface area contributed by atoms with Gasteiger partial charge in [-0.05, 0) is 85.8 Å². The van der Waals surface area contributed by atoms with E-state index in [1.807, 2.05) is 11.9 Å². The van der Waals surface area contributed by atoms with Gasteiger partial charge in [-0.1, -0.05) is 49.4 Å². The fourth-order valence-corrected chi connectivity index (χ4v) is 5.23. The van der Waals surface area contributed by atoms with Crippen LogP contribution in [0.2, 0.25) is 0 Å². The van der Waals surface area contributed by atoms with Crippen molar-refractivity contribution in [2.45, 2.75) is 37.5 Å². The number of nitrogens with zero attached hydrogens (tertiary/aromatic N) is 2. The SMILES string of the molecule is CC1CCN(CC2CCN(Sc3ccc(-c4ccccc4)cc3)CC2)CC1. The van der Waals surface area contributed by atoms with Gasteiger partial charge in [-0.2, -0.15) is 0 Å². The lowest BCUT2D eigenvalue weighted by Crippen LogP contribution is -2.39. The van der Waals surface area contributed by atoms with E-state index in [1.165, 1.54) is 74.4 Å². The zero-order valence-electron chi connectivity index (χ0n) is 16.5. The van der Waals surface area contributed by atoms with Crippen LogP contribution in [-0.4, -0.2) is 41.9 Å². The third-order valence-electron chi connectivity index (χ3n) is 6.16. The molecule has 2 aliphatic rings. The monoisotopic (exact) mass is 380 g/mol. The highest BCUT2D eigenvalue weighted by atomic mass is 32.2. The van der Waals surface area contributed by atoms with Gasteiger partial charge in [0.15, 0.2) is 0 Å². The third kappa shape index (κ3) is 5.37. The molecule has 0 radical (unpaired) electrons. The standard InChI is InChI=1S/C24H32N2S/c1-20-11-15-25(16-12-20)19-21-13-17-26(18-14-21)27-24-9-7-23(8-10-24)22-5-3-2-4-6-22/h2-10,20-21H,11-19H2,1H3. The summed E-state index contributed by atoms with van der Waals surface area (Å²) >= 11 is 1.94. The Morgan fingerprint density at radius 2 is 1.41 bits per heavy atom. The molecule has 3 heteroatoms. The van der Waals surface area contributed by atoms with Crippen molar-refractivity contribution in [1.29, 1.82) is 0 Å². The molecule has 0 bridgehead atoms. The summed E-state index contributed by atoms with van der Waals surface area (Å²) in [7, 11) is 0. The van der Waals surface area contributed by atoms with Crippen molar-refractivity contribution in [3.05, 3.63) is 54.6 Å². The molecule has 0 spiro atoms. The van der Waals surface area contributed by atoms with Crippen LogP contribution >= 0.6 is 11.9 Å². The topological polar surface area (TPSA) is 6.48 Å². The van der Waals surface area contributed by atoms with Crippen LogP contribution in [0.15, 0.2) is 59.5 Å². The molecule has 0 amide bonds. The summed E-state index contributed by atoms with van der Waals surface area (Å²) in [6, 6.07) is 19.7. The van der Waals surface area contributed by atoms with E-state index in [2.05, 4.69) is 70.7 Å². The average molecular weight is 381 g/mol. The van der Waals surface area contributed by atoms with E-state index in [9.17, 15) is 0 Å². The van der Waals surface area contributed by atoms with E-state index >= 15 is 0 Å². The van der Waals surface area contributed by atoms with Crippen molar-refractivity contribution in [2.75, 3.05) is 32.7 Å². The zero-order valence-corrected chi connectivity index (χ0v) is 17.3. The van der Waals surface area contributed by atoms with Crippen molar-refractivity contribution in [2.24, 2.45) is 11.8 Å². The number of benzene rings is 2. The van der Waals surface area contributed by atoms with Crippen molar-refractivity contribution < 1.29 is 0 Å². The van der Waals surface area contributed by atoms with Crippen LogP contribution in [0.4, 0.5) is 0 Å². The lowest BCUT2D eigenvalue weighted by atomic mass is 9.94. The zero-order chi connectivity index (χ0) is 18.5. The Balaban J connectivity index is 1.23. The smallest absolute Gasteiger partial charge is 0.0230 e. The first-order valence-electron chi connectivity index (χ1n) is 10.6. The van der Waals surface area contributed by atoms with Gasteiger partial charge in [0.05, 0.1) is 0 Å². The first-order valence-corrected chi connectivity index (χ1v) is 11.3. The Morgan fingerprint density at radius 3 is 2.07 bits per heavy atom. The number of likely N-dealkylation sites (tertiary alicyclic amines) is 1. The van der Waals surface area contributed by atoms with Crippen molar-refractivity contribution >= 4 is 11.9 Å². The quantitative estimate of drug-likeness (QED) is 0.605. The molecule has 2 nitrogen and oxygen atoms in total. The van der Waals surface area contributed by atoms with Crippen LogP contribution in [0.1, 0.15) is 32.6 Å². The van der Waals surface area contributed by atoms with Crippen molar-refractivity contribution in [1.82, 2.24) is 9.21 Å². The molecule has 144 valence electrons. The second kappa shape index (κ2) is 9.27. The van der Waals surface area contributed by atoms with E-state index < -0.39 is 0 Å². The highest BCUT2D eigenvalue weighted by Gasteiger charge is 2.24. The Bertz CT molecular complexity index is 684. The lowest BCUT2D eigenvalue weighted by Gasteiger charge is -2.36. The molecule has 2 saturated heterocycles. The second-order valence-corrected chi connectivity index (χ2v) is 9.51. The normalized spacial score (nSPS) is 20.8. The molecule has 0 aliphatic carbocycles. The first-order chi connectivity index (χ1) is 13.3. The minimum atomic E-state index is 0.899. The molecule has 0 saturated carbocycles. The van der Waals surface area contributed by atoms with Crippen molar-refractivity contribution in [3.8, 4) is 11.1 Å². The molecule has 0 aromatic heterocycles. The van der Waals surface area contributed by atoms with Gasteiger partial charge in [-0.25, -0.2) is 4.31 Å². The van der Waals surface area contributed by atoms with Gasteiger partial charge in [0.25, 0.3) is 0 Å². The van der Waals surface area contributed by atoms with Crippen molar-refractivity contribution in [3.63, 3.8) is 0 Å². The molecule has 27 heavy (non-hydrogen) atoms. The molecule has 2 fully saturated rings. The maximum atomic E-state index is 2.72. The van der Waals surface area contributed by atoms with Gasteiger partial charge in [-0.15, -0.1) is 0 Å². The van der Waals surface area contributed by atoms with Crippen LogP contribution < -0.4 is 0 Å². The third-order valence-corrected chi connectivity index (χ3v) is 7.27. The molecule has 4 rings (SSSR count). The highest BCUT2D eigenvalue weighted by molar-refractivity contribution is 7.97. The summed E-state index contributed by atoms with van der Waals surface area (Å²) in [6.45, 7) is 8.82. The Hall–Kier alpha value is -1.29. The molecular weight excluding hydrogens is 348 g/mol. The molecular formula is C24H32N2S. The molecule has 0 N–H and O–H groups in total. The summed E-state index contributed by atoms with van der Waals surface area (Å²) in [5.74, 6) is 1.84. The fraction of sp³-hybridized carbons (Fsp3) is 0.500. The summed E-state index contributed by atoms with van der Waals surface area (Å²) in [5.41, 5.74) is 2.59. The van der Waals surface area contributed by atoms with E-state index in [0.717, 1.165) is 11.8 Å². The largest absolute Gasteiger partial charge is 0.303 e. The van der Waals surface area contributed by atoms with Crippen LogP contribution in [0.3, 0.4) is 0 Å². The van der Waals surface area contributed by atoms with Gasteiger partial charge >= 0.3 is 0 Å². The number of hydrogen-bond acceptors (Lipinski definition) is 3. The van der Waals surface area contributed by atoms with E-state index in [-0.39, 0.29) is 0 Å². The summed E-state index contributed by atoms with van der Waals surface area (Å²) in [6.07, 6.45) is 5.49. The van der Waals surface area contributed by atoms with Gasteiger partial charge in [0.1, 0.15) is 0 Å².